The lowest BCUT2D eigenvalue weighted by atomic mass is 10.2. The standard InChI is InChI=1S/C15H9ClF6N2O2/c1-24-13(16)10(12(23-24)15(20,21)22)6-7-11(25)26-9-4-2-8(3-5-9)14(17,18)19/h2-7H,1H3/b7-6+. The van der Waals surface area contributed by atoms with Gasteiger partial charge < -0.3 is 4.74 Å². The molecule has 0 fully saturated rings. The second-order valence-electron chi connectivity index (χ2n) is 4.95. The van der Waals surface area contributed by atoms with E-state index < -0.39 is 35.1 Å². The van der Waals surface area contributed by atoms with Crippen molar-refractivity contribution < 1.29 is 35.9 Å². The van der Waals surface area contributed by atoms with Crippen LogP contribution in [0.5, 0.6) is 5.75 Å². The van der Waals surface area contributed by atoms with Gasteiger partial charge in [0, 0.05) is 18.7 Å². The summed E-state index contributed by atoms with van der Waals surface area (Å²) in [6.07, 6.45) is -7.91. The number of hydrogen-bond acceptors (Lipinski definition) is 3. The molecule has 140 valence electrons. The van der Waals surface area contributed by atoms with Gasteiger partial charge in [0.15, 0.2) is 5.69 Å². The second-order valence-corrected chi connectivity index (χ2v) is 5.31. The minimum atomic E-state index is -4.79. The lowest BCUT2D eigenvalue weighted by molar-refractivity contribution is -0.141. The molecule has 0 aliphatic rings. The molecule has 0 aliphatic heterocycles. The van der Waals surface area contributed by atoms with Crippen molar-refractivity contribution in [2.75, 3.05) is 0 Å². The largest absolute Gasteiger partial charge is 0.435 e. The molecule has 0 unspecified atom stereocenters. The highest BCUT2D eigenvalue weighted by Gasteiger charge is 2.38. The summed E-state index contributed by atoms with van der Waals surface area (Å²) >= 11 is 5.71. The smallest absolute Gasteiger partial charge is 0.423 e. The van der Waals surface area contributed by atoms with E-state index in [1.165, 1.54) is 7.05 Å². The summed E-state index contributed by atoms with van der Waals surface area (Å²) < 4.78 is 81.4. The molecule has 2 aromatic rings. The third kappa shape index (κ3) is 4.57. The fourth-order valence-corrected chi connectivity index (χ4v) is 2.08. The predicted octanol–water partition coefficient (Wildman–Crippen LogP) is 4.73. The highest BCUT2D eigenvalue weighted by atomic mass is 35.5. The van der Waals surface area contributed by atoms with Crippen molar-refractivity contribution in [1.82, 2.24) is 9.78 Å². The van der Waals surface area contributed by atoms with Crippen LogP contribution in [-0.4, -0.2) is 15.7 Å². The van der Waals surface area contributed by atoms with E-state index in [0.717, 1.165) is 22.9 Å². The number of aromatic nitrogens is 2. The molecular weight excluding hydrogens is 390 g/mol. The molecule has 0 saturated carbocycles. The quantitative estimate of drug-likeness (QED) is 0.325. The summed E-state index contributed by atoms with van der Waals surface area (Å²) in [5.41, 5.74) is -2.76. The highest BCUT2D eigenvalue weighted by molar-refractivity contribution is 6.31. The molecule has 2 rings (SSSR count). The van der Waals surface area contributed by atoms with E-state index in [2.05, 4.69) is 5.10 Å². The fourth-order valence-electron chi connectivity index (χ4n) is 1.89. The van der Waals surface area contributed by atoms with Crippen molar-refractivity contribution in [3.05, 3.63) is 52.3 Å². The highest BCUT2D eigenvalue weighted by Crippen LogP contribution is 2.35. The Hall–Kier alpha value is -2.49. The molecule has 0 spiro atoms. The first-order valence-corrected chi connectivity index (χ1v) is 7.14. The van der Waals surface area contributed by atoms with Crippen LogP contribution in [0.1, 0.15) is 16.8 Å². The van der Waals surface area contributed by atoms with E-state index in [4.69, 9.17) is 16.3 Å². The number of carbonyl (C=O) groups excluding carboxylic acids is 1. The number of benzene rings is 1. The van der Waals surface area contributed by atoms with Gasteiger partial charge in [-0.25, -0.2) is 4.79 Å². The van der Waals surface area contributed by atoms with Crippen LogP contribution in [-0.2, 0) is 24.2 Å². The van der Waals surface area contributed by atoms with Crippen LogP contribution in [0.4, 0.5) is 26.3 Å². The van der Waals surface area contributed by atoms with Crippen molar-refractivity contribution in [1.29, 1.82) is 0 Å². The third-order valence-corrected chi connectivity index (χ3v) is 3.51. The van der Waals surface area contributed by atoms with Gasteiger partial charge in [0.25, 0.3) is 0 Å². The average Bonchev–Trinajstić information content (AvgIpc) is 2.80. The zero-order chi connectivity index (χ0) is 19.7. The van der Waals surface area contributed by atoms with Gasteiger partial charge in [0.2, 0.25) is 0 Å². The molecule has 0 radical (unpaired) electrons. The van der Waals surface area contributed by atoms with Crippen LogP contribution in [0, 0.1) is 0 Å². The van der Waals surface area contributed by atoms with E-state index in [0.29, 0.717) is 18.2 Å². The van der Waals surface area contributed by atoms with Crippen molar-refractivity contribution in [3.63, 3.8) is 0 Å². The van der Waals surface area contributed by atoms with Crippen molar-refractivity contribution in [2.24, 2.45) is 7.05 Å². The van der Waals surface area contributed by atoms with Gasteiger partial charge in [-0.3, -0.25) is 4.68 Å². The Balaban J connectivity index is 2.16. The first kappa shape index (κ1) is 19.8. The molecule has 0 amide bonds. The molecule has 0 bridgehead atoms. The van der Waals surface area contributed by atoms with E-state index in [-0.39, 0.29) is 10.9 Å². The molecule has 26 heavy (non-hydrogen) atoms. The average molecular weight is 399 g/mol. The molecule has 0 aliphatic carbocycles. The molecular formula is C15H9ClF6N2O2. The first-order chi connectivity index (χ1) is 11.9. The van der Waals surface area contributed by atoms with Crippen molar-refractivity contribution in [2.45, 2.75) is 12.4 Å². The molecule has 1 heterocycles. The van der Waals surface area contributed by atoms with E-state index in [1.807, 2.05) is 0 Å². The lowest BCUT2D eigenvalue weighted by Crippen LogP contribution is -2.09. The lowest BCUT2D eigenvalue weighted by Gasteiger charge is -2.07. The minimum Gasteiger partial charge on any atom is -0.423 e. The van der Waals surface area contributed by atoms with Crippen LogP contribution in [0.2, 0.25) is 5.15 Å². The SMILES string of the molecule is Cn1nc(C(F)(F)F)c(/C=C/C(=O)Oc2ccc(C(F)(F)F)cc2)c1Cl. The second kappa shape index (κ2) is 7.02. The Morgan fingerprint density at radius 3 is 2.19 bits per heavy atom. The minimum absolute atomic E-state index is 0.207. The molecule has 4 nitrogen and oxygen atoms in total. The number of rotatable bonds is 3. The van der Waals surface area contributed by atoms with Gasteiger partial charge in [0.1, 0.15) is 10.9 Å². The maximum absolute atomic E-state index is 12.9. The van der Waals surface area contributed by atoms with Gasteiger partial charge in [-0.1, -0.05) is 11.6 Å². The number of halogens is 7. The number of carbonyl (C=O) groups is 1. The normalized spacial score (nSPS) is 12.6. The van der Waals surface area contributed by atoms with Crippen LogP contribution >= 0.6 is 11.6 Å². The molecule has 0 atom stereocenters. The Morgan fingerprint density at radius 2 is 1.69 bits per heavy atom. The van der Waals surface area contributed by atoms with Crippen LogP contribution in [0.25, 0.3) is 6.08 Å². The number of hydrogen-bond donors (Lipinski definition) is 0. The maximum atomic E-state index is 12.9. The first-order valence-electron chi connectivity index (χ1n) is 6.76. The van der Waals surface area contributed by atoms with Gasteiger partial charge in [-0.05, 0) is 30.3 Å². The maximum Gasteiger partial charge on any atom is 0.435 e. The van der Waals surface area contributed by atoms with Gasteiger partial charge in [-0.15, -0.1) is 0 Å². The van der Waals surface area contributed by atoms with Crippen LogP contribution in [0.3, 0.4) is 0 Å². The summed E-state index contributed by atoms with van der Waals surface area (Å²) in [5.74, 6) is -1.31. The van der Waals surface area contributed by atoms with Crippen molar-refractivity contribution >= 4 is 23.6 Å². The number of aryl methyl sites for hydroxylation is 1. The Morgan fingerprint density at radius 1 is 1.12 bits per heavy atom. The number of alkyl halides is 6. The van der Waals surface area contributed by atoms with Gasteiger partial charge in [0.05, 0.1) is 5.56 Å². The molecule has 1 aromatic carbocycles. The summed E-state index contributed by atoms with van der Waals surface area (Å²) in [6, 6.07) is 3.22. The number of ether oxygens (including phenoxy) is 1. The Kier molecular flexibility index (Phi) is 5.36. The van der Waals surface area contributed by atoms with Crippen LogP contribution in [0.15, 0.2) is 30.3 Å². The zero-order valence-electron chi connectivity index (χ0n) is 12.8. The number of nitrogens with zero attached hydrogens (tertiary/aromatic N) is 2. The summed E-state index contributed by atoms with van der Waals surface area (Å²) in [4.78, 5) is 11.7. The summed E-state index contributed by atoms with van der Waals surface area (Å²) in [7, 11) is 1.19. The summed E-state index contributed by atoms with van der Waals surface area (Å²) in [5, 5.41) is 2.87. The number of esters is 1. The molecule has 0 saturated heterocycles. The molecule has 11 heteroatoms. The van der Waals surface area contributed by atoms with Crippen LogP contribution < -0.4 is 4.74 Å². The van der Waals surface area contributed by atoms with Crippen molar-refractivity contribution in [3.8, 4) is 5.75 Å². The van der Waals surface area contributed by atoms with Gasteiger partial charge >= 0.3 is 18.3 Å². The van der Waals surface area contributed by atoms with E-state index >= 15 is 0 Å². The molecule has 0 N–H and O–H groups in total. The zero-order valence-corrected chi connectivity index (χ0v) is 13.6. The fraction of sp³-hybridized carbons (Fsp3) is 0.200. The summed E-state index contributed by atoms with van der Waals surface area (Å²) in [6.45, 7) is 0. The Labute approximate surface area is 147 Å². The molecule has 1 aromatic heterocycles. The van der Waals surface area contributed by atoms with Gasteiger partial charge in [-0.2, -0.15) is 31.4 Å². The monoisotopic (exact) mass is 398 g/mol. The third-order valence-electron chi connectivity index (χ3n) is 3.07. The topological polar surface area (TPSA) is 44.1 Å². The predicted molar refractivity (Wildman–Crippen MR) is 79.3 cm³/mol. The van der Waals surface area contributed by atoms with E-state index in [1.54, 1.807) is 0 Å². The Bertz CT molecular complexity index is 838. The van der Waals surface area contributed by atoms with E-state index in [9.17, 15) is 31.1 Å².